The zero-order chi connectivity index (χ0) is 9.90. The molecule has 0 atom stereocenters. The largest absolute Gasteiger partial charge is 0.258 e. The van der Waals surface area contributed by atoms with Crippen LogP contribution in [0.5, 0.6) is 0 Å². The molecule has 0 radical (unpaired) electrons. The summed E-state index contributed by atoms with van der Waals surface area (Å²) in [4.78, 5) is 3.76. The minimum atomic E-state index is -3.56. The highest BCUT2D eigenvalue weighted by Crippen LogP contribution is 2.23. The third kappa shape index (κ3) is 3.30. The van der Waals surface area contributed by atoms with Crippen molar-refractivity contribution >= 4 is 42.4 Å². The average molecular weight is 282 g/mol. The number of hydrogen-bond donors (Lipinski definition) is 1. The zero-order valence-electron chi connectivity index (χ0n) is 6.19. The fourth-order valence-electron chi connectivity index (χ4n) is 0.556. The van der Waals surface area contributed by atoms with Crippen LogP contribution in [0.25, 0.3) is 0 Å². The first-order valence-corrected chi connectivity index (χ1v) is 6.28. The highest BCUT2D eigenvalue weighted by Gasteiger charge is 2.11. The van der Waals surface area contributed by atoms with Crippen LogP contribution >= 0.6 is 27.3 Å². The van der Waals surface area contributed by atoms with Gasteiger partial charge in [-0.2, -0.15) is 5.26 Å². The topological polar surface area (TPSA) is 82.8 Å². The summed E-state index contributed by atoms with van der Waals surface area (Å²) in [5.74, 6) is -0.565. The van der Waals surface area contributed by atoms with Crippen LogP contribution in [0.1, 0.15) is 0 Å². The van der Waals surface area contributed by atoms with Crippen molar-refractivity contribution < 1.29 is 8.42 Å². The van der Waals surface area contributed by atoms with Crippen LogP contribution in [0.15, 0.2) is 9.98 Å². The molecular formula is C5H4BrN3O2S2. The van der Waals surface area contributed by atoms with Gasteiger partial charge in [0.05, 0.1) is 16.1 Å². The Bertz CT molecular complexity index is 433. The molecule has 1 N–H and O–H groups in total. The Morgan fingerprint density at radius 3 is 2.92 bits per heavy atom. The SMILES string of the molecule is N#CCS(=O)(=O)Nc1ncc(Br)s1. The molecule has 1 aromatic heterocycles. The number of sulfonamides is 1. The molecule has 0 fully saturated rings. The van der Waals surface area contributed by atoms with E-state index in [1.807, 2.05) is 0 Å². The van der Waals surface area contributed by atoms with Crippen molar-refractivity contribution in [3.63, 3.8) is 0 Å². The van der Waals surface area contributed by atoms with Gasteiger partial charge >= 0.3 is 0 Å². The number of aromatic nitrogens is 1. The lowest BCUT2D eigenvalue weighted by atomic mass is 10.9. The summed E-state index contributed by atoms with van der Waals surface area (Å²) in [6.45, 7) is 0. The maximum atomic E-state index is 11.0. The van der Waals surface area contributed by atoms with E-state index in [1.54, 1.807) is 6.07 Å². The molecule has 0 saturated carbocycles. The second kappa shape index (κ2) is 4.04. The molecule has 0 aliphatic rings. The quantitative estimate of drug-likeness (QED) is 0.902. The molecule has 0 saturated heterocycles. The van der Waals surface area contributed by atoms with Gasteiger partial charge in [-0.25, -0.2) is 13.4 Å². The number of anilines is 1. The standard InChI is InChI=1S/C5H4BrN3O2S2/c6-4-3-8-5(12-4)9-13(10,11)2-1-7/h3H,2H2,(H,8,9). The normalized spacial score (nSPS) is 10.8. The van der Waals surface area contributed by atoms with Crippen molar-refractivity contribution in [2.24, 2.45) is 0 Å². The highest BCUT2D eigenvalue weighted by atomic mass is 79.9. The second-order valence-corrected chi connectivity index (χ2v) is 6.12. The molecule has 0 aromatic carbocycles. The van der Waals surface area contributed by atoms with Crippen LogP contribution in [-0.2, 0) is 10.0 Å². The number of halogens is 1. The fraction of sp³-hybridized carbons (Fsp3) is 0.200. The van der Waals surface area contributed by atoms with Crippen LogP contribution in [0.2, 0.25) is 0 Å². The van der Waals surface area contributed by atoms with E-state index in [1.165, 1.54) is 6.20 Å². The Hall–Kier alpha value is -0.650. The smallest absolute Gasteiger partial charge is 0.247 e. The van der Waals surface area contributed by atoms with Crippen LogP contribution in [0, 0.1) is 11.3 Å². The Balaban J connectivity index is 2.76. The van der Waals surface area contributed by atoms with Crippen LogP contribution < -0.4 is 4.72 Å². The molecule has 5 nitrogen and oxygen atoms in total. The molecule has 0 aliphatic heterocycles. The van der Waals surface area contributed by atoms with Crippen LogP contribution in [-0.4, -0.2) is 19.2 Å². The first-order chi connectivity index (χ1) is 6.03. The summed E-state index contributed by atoms with van der Waals surface area (Å²) in [6, 6.07) is 1.55. The predicted octanol–water partition coefficient (Wildman–Crippen LogP) is 1.17. The molecule has 70 valence electrons. The second-order valence-electron chi connectivity index (χ2n) is 1.99. The van der Waals surface area contributed by atoms with E-state index in [2.05, 4.69) is 25.6 Å². The van der Waals surface area contributed by atoms with Gasteiger partial charge in [0.25, 0.3) is 0 Å². The van der Waals surface area contributed by atoms with Gasteiger partial charge in [-0.1, -0.05) is 11.3 Å². The van der Waals surface area contributed by atoms with Crippen molar-refractivity contribution in [3.05, 3.63) is 9.98 Å². The first-order valence-electron chi connectivity index (χ1n) is 3.02. The van der Waals surface area contributed by atoms with Crippen LogP contribution in [0.4, 0.5) is 5.13 Å². The van der Waals surface area contributed by atoms with Gasteiger partial charge in [-0.3, -0.25) is 4.72 Å². The van der Waals surface area contributed by atoms with Gasteiger partial charge in [0.2, 0.25) is 10.0 Å². The summed E-state index contributed by atoms with van der Waals surface area (Å²) >= 11 is 4.28. The summed E-state index contributed by atoms with van der Waals surface area (Å²) in [5, 5.41) is 8.44. The van der Waals surface area contributed by atoms with E-state index >= 15 is 0 Å². The van der Waals surface area contributed by atoms with Gasteiger partial charge in [0.1, 0.15) is 0 Å². The van der Waals surface area contributed by atoms with Gasteiger partial charge < -0.3 is 0 Å². The maximum Gasteiger partial charge on any atom is 0.247 e. The molecule has 0 amide bonds. The molecule has 0 unspecified atom stereocenters. The van der Waals surface area contributed by atoms with Crippen molar-refractivity contribution in [3.8, 4) is 6.07 Å². The number of hydrogen-bond acceptors (Lipinski definition) is 5. The monoisotopic (exact) mass is 281 g/mol. The molecule has 1 rings (SSSR count). The fourth-order valence-corrected chi connectivity index (χ4v) is 2.62. The number of rotatable bonds is 3. The van der Waals surface area contributed by atoms with Gasteiger partial charge in [-0.05, 0) is 15.9 Å². The van der Waals surface area contributed by atoms with E-state index in [4.69, 9.17) is 5.26 Å². The zero-order valence-corrected chi connectivity index (χ0v) is 9.41. The number of thiazole rings is 1. The third-order valence-electron chi connectivity index (χ3n) is 0.975. The molecule has 1 heterocycles. The Labute approximate surface area is 87.6 Å². The van der Waals surface area contributed by atoms with E-state index in [0.29, 0.717) is 0 Å². The van der Waals surface area contributed by atoms with Gasteiger partial charge in [-0.15, -0.1) is 0 Å². The van der Waals surface area contributed by atoms with E-state index in [9.17, 15) is 8.42 Å². The summed E-state index contributed by atoms with van der Waals surface area (Å²) in [6.07, 6.45) is 1.48. The van der Waals surface area contributed by atoms with Crippen LogP contribution in [0.3, 0.4) is 0 Å². The summed E-state index contributed by atoms with van der Waals surface area (Å²) in [5.41, 5.74) is 0. The maximum absolute atomic E-state index is 11.0. The molecule has 1 aromatic rings. The van der Waals surface area contributed by atoms with E-state index in [-0.39, 0.29) is 5.13 Å². The molecule has 13 heavy (non-hydrogen) atoms. The molecule has 0 aliphatic carbocycles. The Morgan fingerprint density at radius 2 is 2.46 bits per heavy atom. The van der Waals surface area contributed by atoms with Crippen molar-refractivity contribution in [2.75, 3.05) is 10.5 Å². The lowest BCUT2D eigenvalue weighted by molar-refractivity contribution is 0.604. The number of nitrogens with one attached hydrogen (secondary N) is 1. The van der Waals surface area contributed by atoms with E-state index in [0.717, 1.165) is 15.1 Å². The van der Waals surface area contributed by atoms with E-state index < -0.39 is 15.8 Å². The van der Waals surface area contributed by atoms with Crippen molar-refractivity contribution in [1.82, 2.24) is 4.98 Å². The van der Waals surface area contributed by atoms with Crippen molar-refractivity contribution in [2.45, 2.75) is 0 Å². The number of nitriles is 1. The minimum absolute atomic E-state index is 0.252. The molecule has 0 spiro atoms. The van der Waals surface area contributed by atoms with Gasteiger partial charge in [0.15, 0.2) is 10.9 Å². The Morgan fingerprint density at radius 1 is 1.77 bits per heavy atom. The minimum Gasteiger partial charge on any atom is -0.258 e. The van der Waals surface area contributed by atoms with Gasteiger partial charge in [0, 0.05) is 0 Å². The third-order valence-corrected chi connectivity index (χ3v) is 3.51. The lowest BCUT2D eigenvalue weighted by Gasteiger charge is -1.98. The predicted molar refractivity (Wildman–Crippen MR) is 52.8 cm³/mol. The molecule has 8 heteroatoms. The summed E-state index contributed by atoms with van der Waals surface area (Å²) in [7, 11) is -3.56. The molecule has 0 bridgehead atoms. The average Bonchev–Trinajstić information content (AvgIpc) is 2.34. The first kappa shape index (κ1) is 10.4. The Kier molecular flexibility index (Phi) is 3.24. The lowest BCUT2D eigenvalue weighted by Crippen LogP contribution is -2.15. The number of nitrogens with zero attached hydrogens (tertiary/aromatic N) is 2. The highest BCUT2D eigenvalue weighted by molar-refractivity contribution is 9.11. The van der Waals surface area contributed by atoms with Crippen molar-refractivity contribution in [1.29, 1.82) is 5.26 Å². The summed E-state index contributed by atoms with van der Waals surface area (Å²) < 4.78 is 24.9. The molecular weight excluding hydrogens is 278 g/mol.